The summed E-state index contributed by atoms with van der Waals surface area (Å²) >= 11 is 6.16. The Bertz CT molecular complexity index is 1110. The van der Waals surface area contributed by atoms with Crippen LogP contribution in [0.3, 0.4) is 0 Å². The van der Waals surface area contributed by atoms with Crippen LogP contribution in [0, 0.1) is 11.6 Å². The fraction of sp³-hybridized carbons (Fsp3) is 0.261. The molecule has 0 bridgehead atoms. The Morgan fingerprint density at radius 1 is 1.19 bits per heavy atom. The second-order valence-corrected chi connectivity index (χ2v) is 7.88. The average molecular weight is 460 g/mol. The van der Waals surface area contributed by atoms with Crippen molar-refractivity contribution in [1.29, 1.82) is 0 Å². The van der Waals surface area contributed by atoms with Gasteiger partial charge in [-0.2, -0.15) is 0 Å². The van der Waals surface area contributed by atoms with Crippen LogP contribution in [0.15, 0.2) is 49.1 Å². The van der Waals surface area contributed by atoms with Crippen LogP contribution in [0.2, 0.25) is 5.02 Å². The van der Waals surface area contributed by atoms with Gasteiger partial charge in [0.2, 0.25) is 5.78 Å². The Balaban J connectivity index is 2.14. The Hall–Kier alpha value is -2.94. The van der Waals surface area contributed by atoms with Gasteiger partial charge < -0.3 is 10.2 Å². The largest absolute Gasteiger partial charge is 0.310 e. The number of carbonyl (C=O) groups excluding carboxylic acids is 1. The van der Waals surface area contributed by atoms with Gasteiger partial charge in [-0.15, -0.1) is 16.8 Å². The molecule has 1 aromatic heterocycles. The molecule has 9 heteroatoms. The molecule has 0 aliphatic carbocycles. The smallest absolute Gasteiger partial charge is 0.201 e. The van der Waals surface area contributed by atoms with Crippen molar-refractivity contribution < 1.29 is 13.6 Å². The second kappa shape index (κ2) is 10.6. The lowest BCUT2D eigenvalue weighted by Crippen LogP contribution is -2.21. The minimum atomic E-state index is -0.940. The van der Waals surface area contributed by atoms with Crippen LogP contribution < -0.4 is 5.32 Å². The van der Waals surface area contributed by atoms with Crippen molar-refractivity contribution >= 4 is 17.4 Å². The first-order valence-corrected chi connectivity index (χ1v) is 10.4. The van der Waals surface area contributed by atoms with E-state index in [4.69, 9.17) is 11.6 Å². The lowest BCUT2D eigenvalue weighted by Gasteiger charge is -2.17. The highest BCUT2D eigenvalue weighted by Gasteiger charge is 2.25. The monoisotopic (exact) mass is 459 g/mol. The molecule has 2 aromatic carbocycles. The molecule has 0 atom stereocenters. The van der Waals surface area contributed by atoms with Crippen molar-refractivity contribution in [1.82, 2.24) is 25.0 Å². The van der Waals surface area contributed by atoms with Crippen molar-refractivity contribution in [3.63, 3.8) is 0 Å². The lowest BCUT2D eigenvalue weighted by molar-refractivity contribution is 0.103. The average Bonchev–Trinajstić information content (AvgIpc) is 3.12. The third-order valence-electron chi connectivity index (χ3n) is 4.70. The molecule has 0 saturated carbocycles. The molecule has 0 spiro atoms. The summed E-state index contributed by atoms with van der Waals surface area (Å²) in [6, 6.07) is 7.95. The molecule has 0 amide bonds. The highest BCUT2D eigenvalue weighted by Crippen LogP contribution is 2.27. The summed E-state index contributed by atoms with van der Waals surface area (Å²) in [5, 5.41) is 12.1. The predicted octanol–water partition coefficient (Wildman–Crippen LogP) is 4.16. The van der Waals surface area contributed by atoms with E-state index in [0.29, 0.717) is 37.0 Å². The summed E-state index contributed by atoms with van der Waals surface area (Å²) in [7, 11) is 3.76. The van der Waals surface area contributed by atoms with E-state index in [9.17, 15) is 13.6 Å². The van der Waals surface area contributed by atoms with E-state index < -0.39 is 23.0 Å². The molecule has 0 aliphatic heterocycles. The number of rotatable bonds is 10. The number of nitrogens with one attached hydrogen (secondary N) is 1. The highest BCUT2D eigenvalue weighted by atomic mass is 35.5. The summed E-state index contributed by atoms with van der Waals surface area (Å²) in [5.41, 5.74) is -0.193. The highest BCUT2D eigenvalue weighted by molar-refractivity contribution is 6.31. The first-order chi connectivity index (χ1) is 15.3. The van der Waals surface area contributed by atoms with E-state index in [0.717, 1.165) is 18.6 Å². The van der Waals surface area contributed by atoms with Crippen molar-refractivity contribution in [2.75, 3.05) is 20.6 Å². The Kier molecular flexibility index (Phi) is 7.84. The van der Waals surface area contributed by atoms with Crippen LogP contribution in [0.25, 0.3) is 5.69 Å². The number of ketones is 1. The molecule has 0 fully saturated rings. The summed E-state index contributed by atoms with van der Waals surface area (Å²) in [6.07, 6.45) is 2.57. The Morgan fingerprint density at radius 3 is 2.53 bits per heavy atom. The molecule has 168 valence electrons. The zero-order valence-electron chi connectivity index (χ0n) is 17.9. The minimum absolute atomic E-state index is 0.0497. The maximum Gasteiger partial charge on any atom is 0.201 e. The van der Waals surface area contributed by atoms with Crippen LogP contribution in [0.5, 0.6) is 0 Å². The first-order valence-electron chi connectivity index (χ1n) is 10.0. The molecule has 3 aromatic rings. The molecule has 6 nitrogen and oxygen atoms in total. The molecule has 1 N–H and O–H groups in total. The SMILES string of the molecule is C=CCCNCc1nnc(CN(C)C)n1-c1ccc(Cl)cc1C(=O)c1c(F)cccc1F. The van der Waals surface area contributed by atoms with Gasteiger partial charge in [0.25, 0.3) is 0 Å². The number of aromatic nitrogens is 3. The van der Waals surface area contributed by atoms with Crippen LogP contribution >= 0.6 is 11.6 Å². The maximum absolute atomic E-state index is 14.4. The van der Waals surface area contributed by atoms with Gasteiger partial charge in [-0.1, -0.05) is 23.7 Å². The van der Waals surface area contributed by atoms with Crippen molar-refractivity contribution in [2.24, 2.45) is 0 Å². The van der Waals surface area contributed by atoms with Crippen molar-refractivity contribution in [2.45, 2.75) is 19.5 Å². The molecular formula is C23H24ClF2N5O. The molecule has 1 heterocycles. The molecule has 32 heavy (non-hydrogen) atoms. The van der Waals surface area contributed by atoms with Crippen molar-refractivity contribution in [3.8, 4) is 5.69 Å². The van der Waals surface area contributed by atoms with Crippen molar-refractivity contribution in [3.05, 3.63) is 88.5 Å². The number of hydrogen-bond donors (Lipinski definition) is 1. The predicted molar refractivity (Wildman–Crippen MR) is 120 cm³/mol. The molecule has 3 rings (SSSR count). The van der Waals surface area contributed by atoms with Gasteiger partial charge in [0.1, 0.15) is 11.6 Å². The fourth-order valence-electron chi connectivity index (χ4n) is 3.27. The van der Waals surface area contributed by atoms with E-state index in [-0.39, 0.29) is 10.6 Å². The minimum Gasteiger partial charge on any atom is -0.310 e. The maximum atomic E-state index is 14.4. The Morgan fingerprint density at radius 2 is 1.88 bits per heavy atom. The van der Waals surface area contributed by atoms with E-state index in [2.05, 4.69) is 22.1 Å². The van der Waals surface area contributed by atoms with Gasteiger partial charge in [0.15, 0.2) is 11.6 Å². The molecule has 0 saturated heterocycles. The van der Waals surface area contributed by atoms with Gasteiger partial charge in [0.05, 0.1) is 24.3 Å². The summed E-state index contributed by atoms with van der Waals surface area (Å²) < 4.78 is 30.5. The Labute approximate surface area is 190 Å². The van der Waals surface area contributed by atoms with Gasteiger partial charge >= 0.3 is 0 Å². The molecule has 0 aliphatic rings. The molecular weight excluding hydrogens is 436 g/mol. The fourth-order valence-corrected chi connectivity index (χ4v) is 3.44. The third-order valence-corrected chi connectivity index (χ3v) is 4.93. The number of halogens is 3. The number of benzene rings is 2. The second-order valence-electron chi connectivity index (χ2n) is 7.45. The van der Waals surface area contributed by atoms with Gasteiger partial charge in [-0.05, 0) is 57.4 Å². The summed E-state index contributed by atoms with van der Waals surface area (Å²) in [5.74, 6) is -1.57. The zero-order chi connectivity index (χ0) is 23.3. The van der Waals surface area contributed by atoms with Gasteiger partial charge in [0, 0.05) is 10.6 Å². The number of carbonyl (C=O) groups is 1. The third kappa shape index (κ3) is 5.27. The van der Waals surface area contributed by atoms with Crippen LogP contribution in [0.4, 0.5) is 8.78 Å². The standard InChI is InChI=1S/C23H24ClF2N5O/c1-4-5-11-27-13-20-28-29-21(14-30(2)3)31(20)19-10-9-15(24)12-16(19)23(32)22-17(25)7-6-8-18(22)26/h4,6-10,12,27H,1,5,11,13-14H2,2-3H3. The van der Waals surface area contributed by atoms with E-state index in [1.54, 1.807) is 22.8 Å². The number of nitrogens with zero attached hydrogens (tertiary/aromatic N) is 4. The molecule has 0 unspecified atom stereocenters. The topological polar surface area (TPSA) is 63.1 Å². The van der Waals surface area contributed by atoms with Gasteiger partial charge in [-0.3, -0.25) is 9.36 Å². The normalized spacial score (nSPS) is 11.2. The summed E-state index contributed by atoms with van der Waals surface area (Å²) in [6.45, 7) is 5.19. The van der Waals surface area contributed by atoms with E-state index in [1.807, 2.05) is 19.0 Å². The zero-order valence-corrected chi connectivity index (χ0v) is 18.7. The first kappa shape index (κ1) is 23.7. The summed E-state index contributed by atoms with van der Waals surface area (Å²) in [4.78, 5) is 15.2. The molecule has 0 radical (unpaired) electrons. The van der Waals surface area contributed by atoms with Crippen LogP contribution in [0.1, 0.15) is 34.0 Å². The lowest BCUT2D eigenvalue weighted by atomic mass is 10.00. The van der Waals surface area contributed by atoms with E-state index >= 15 is 0 Å². The number of hydrogen-bond acceptors (Lipinski definition) is 5. The quantitative estimate of drug-likeness (QED) is 0.280. The van der Waals surface area contributed by atoms with Crippen LogP contribution in [-0.2, 0) is 13.1 Å². The van der Waals surface area contributed by atoms with Crippen LogP contribution in [-0.4, -0.2) is 46.1 Å². The van der Waals surface area contributed by atoms with E-state index in [1.165, 1.54) is 12.1 Å². The van der Waals surface area contributed by atoms with Gasteiger partial charge in [-0.25, -0.2) is 8.78 Å².